The number of aryl methyl sites for hydroxylation is 2. The summed E-state index contributed by atoms with van der Waals surface area (Å²) >= 11 is 1.29. The fourth-order valence-corrected chi connectivity index (χ4v) is 4.49. The van der Waals surface area contributed by atoms with E-state index in [1.54, 1.807) is 16.8 Å². The number of aromatic nitrogens is 4. The molecule has 0 aliphatic rings. The third-order valence-corrected chi connectivity index (χ3v) is 6.75. The summed E-state index contributed by atoms with van der Waals surface area (Å²) in [6, 6.07) is 13.2. The molecule has 0 spiro atoms. The molecule has 2 heterocycles. The van der Waals surface area contributed by atoms with Gasteiger partial charge < -0.3 is 10.1 Å². The number of amides is 1. The second-order valence-electron chi connectivity index (χ2n) is 7.90. The highest BCUT2D eigenvalue weighted by Crippen LogP contribution is 2.26. The normalized spacial score (nSPS) is 12.0. The Morgan fingerprint density at radius 2 is 1.85 bits per heavy atom. The molecular formula is C25H27N5O3S. The number of hydrogen-bond donors (Lipinski definition) is 1. The van der Waals surface area contributed by atoms with E-state index < -0.39 is 0 Å². The van der Waals surface area contributed by atoms with Gasteiger partial charge in [0, 0.05) is 23.8 Å². The molecule has 0 saturated heterocycles. The van der Waals surface area contributed by atoms with Gasteiger partial charge in [-0.3, -0.25) is 18.6 Å². The number of rotatable bonds is 8. The maximum Gasteiger partial charge on any atom is 0.300 e. The van der Waals surface area contributed by atoms with Crippen molar-refractivity contribution in [1.29, 1.82) is 0 Å². The molecule has 1 atom stereocenters. The van der Waals surface area contributed by atoms with Crippen LogP contribution in [0.1, 0.15) is 31.4 Å². The number of ether oxygens (including phenoxy) is 1. The summed E-state index contributed by atoms with van der Waals surface area (Å²) in [6.07, 6.45) is 4.01. The van der Waals surface area contributed by atoms with Crippen LogP contribution < -0.4 is 15.6 Å². The first-order valence-corrected chi connectivity index (χ1v) is 12.0. The summed E-state index contributed by atoms with van der Waals surface area (Å²) < 4.78 is 8.61. The number of nitrogens with one attached hydrogen (secondary N) is 1. The predicted molar refractivity (Wildman–Crippen MR) is 134 cm³/mol. The Bertz CT molecular complexity index is 1380. The van der Waals surface area contributed by atoms with E-state index in [9.17, 15) is 9.59 Å². The van der Waals surface area contributed by atoms with E-state index in [1.165, 1.54) is 16.3 Å². The van der Waals surface area contributed by atoms with Gasteiger partial charge in [0.15, 0.2) is 5.16 Å². The van der Waals surface area contributed by atoms with E-state index in [1.807, 2.05) is 70.2 Å². The number of fused-ring (bicyclic) bond motifs is 1. The fraction of sp³-hybridized carbons (Fsp3) is 0.280. The lowest BCUT2D eigenvalue weighted by Gasteiger charge is -2.15. The van der Waals surface area contributed by atoms with Crippen molar-refractivity contribution in [2.75, 3.05) is 11.9 Å². The zero-order valence-corrected chi connectivity index (χ0v) is 20.4. The van der Waals surface area contributed by atoms with Crippen molar-refractivity contribution in [2.45, 2.75) is 44.5 Å². The summed E-state index contributed by atoms with van der Waals surface area (Å²) in [7, 11) is 0. The number of thioether (sulfide) groups is 1. The van der Waals surface area contributed by atoms with Crippen LogP contribution in [0.2, 0.25) is 0 Å². The van der Waals surface area contributed by atoms with Gasteiger partial charge in [-0.2, -0.15) is 0 Å². The quantitative estimate of drug-likeness (QED) is 0.378. The Morgan fingerprint density at radius 1 is 1.09 bits per heavy atom. The minimum absolute atomic E-state index is 0.110. The van der Waals surface area contributed by atoms with E-state index in [-0.39, 0.29) is 22.4 Å². The average Bonchev–Trinajstić information content (AvgIpc) is 3.24. The first-order chi connectivity index (χ1) is 16.4. The van der Waals surface area contributed by atoms with Crippen LogP contribution in [0.3, 0.4) is 0 Å². The largest absolute Gasteiger partial charge is 0.494 e. The molecule has 4 aromatic rings. The highest BCUT2D eigenvalue weighted by Gasteiger charge is 2.22. The Labute approximate surface area is 202 Å². The lowest BCUT2D eigenvalue weighted by atomic mass is 10.1. The first-order valence-electron chi connectivity index (χ1n) is 11.2. The molecule has 2 aromatic carbocycles. The maximum atomic E-state index is 13.1. The molecule has 4 rings (SSSR count). The van der Waals surface area contributed by atoms with Gasteiger partial charge in [0.2, 0.25) is 11.6 Å². The standard InChI is InChI=1S/C25H27N5O3S/c1-5-21(23(31)26-20-15-16(3)7-8-17(20)4)34-25-28-27-22-24(32)29(13-14-30(22)25)18-9-11-19(12-10-18)33-6-2/h7-15,21H,5-6H2,1-4H3,(H,26,31)/t21-/m0/s1. The summed E-state index contributed by atoms with van der Waals surface area (Å²) in [4.78, 5) is 26.1. The number of benzene rings is 2. The minimum atomic E-state index is -0.388. The van der Waals surface area contributed by atoms with Gasteiger partial charge in [-0.15, -0.1) is 10.2 Å². The predicted octanol–water partition coefficient (Wildman–Crippen LogP) is 4.41. The Hall–Kier alpha value is -3.59. The number of nitrogens with zero attached hydrogens (tertiary/aromatic N) is 4. The highest BCUT2D eigenvalue weighted by atomic mass is 32.2. The molecule has 34 heavy (non-hydrogen) atoms. The van der Waals surface area contributed by atoms with Crippen molar-refractivity contribution >= 4 is 29.0 Å². The number of carbonyl (C=O) groups is 1. The lowest BCUT2D eigenvalue weighted by molar-refractivity contribution is -0.115. The van der Waals surface area contributed by atoms with Crippen LogP contribution in [0.5, 0.6) is 5.75 Å². The van der Waals surface area contributed by atoms with Crippen LogP contribution in [0.15, 0.2) is 64.8 Å². The molecule has 0 bridgehead atoms. The molecule has 0 saturated carbocycles. The molecule has 0 fully saturated rings. The van der Waals surface area contributed by atoms with Crippen molar-refractivity contribution in [2.24, 2.45) is 0 Å². The van der Waals surface area contributed by atoms with Gasteiger partial charge in [-0.25, -0.2) is 0 Å². The molecule has 9 heteroatoms. The van der Waals surface area contributed by atoms with Crippen LogP contribution in [0.25, 0.3) is 11.3 Å². The monoisotopic (exact) mass is 477 g/mol. The number of anilines is 1. The number of carbonyl (C=O) groups excluding carboxylic acids is 1. The van der Waals surface area contributed by atoms with Gasteiger partial charge in [0.25, 0.3) is 0 Å². The zero-order valence-electron chi connectivity index (χ0n) is 19.6. The topological polar surface area (TPSA) is 90.5 Å². The van der Waals surface area contributed by atoms with E-state index in [0.717, 1.165) is 22.6 Å². The van der Waals surface area contributed by atoms with Gasteiger partial charge >= 0.3 is 5.56 Å². The van der Waals surface area contributed by atoms with Crippen molar-refractivity contribution in [3.8, 4) is 11.4 Å². The zero-order chi connectivity index (χ0) is 24.2. The second kappa shape index (κ2) is 10.1. The summed E-state index contributed by atoms with van der Waals surface area (Å²) in [5, 5.41) is 11.4. The molecule has 1 amide bonds. The third-order valence-electron chi connectivity index (χ3n) is 5.43. The second-order valence-corrected chi connectivity index (χ2v) is 9.07. The minimum Gasteiger partial charge on any atom is -0.494 e. The summed E-state index contributed by atoms with van der Waals surface area (Å²) in [5.41, 5.74) is 3.49. The Morgan fingerprint density at radius 3 is 2.56 bits per heavy atom. The van der Waals surface area contributed by atoms with E-state index in [4.69, 9.17) is 4.74 Å². The molecule has 0 unspecified atom stereocenters. The first kappa shape index (κ1) is 23.6. The van der Waals surface area contributed by atoms with Crippen molar-refractivity contribution in [1.82, 2.24) is 19.2 Å². The molecular weight excluding hydrogens is 450 g/mol. The van der Waals surface area contributed by atoms with Crippen molar-refractivity contribution in [3.63, 3.8) is 0 Å². The molecule has 1 N–H and O–H groups in total. The molecule has 2 aromatic heterocycles. The maximum absolute atomic E-state index is 13.1. The van der Waals surface area contributed by atoms with Gasteiger partial charge in [-0.1, -0.05) is 30.8 Å². The van der Waals surface area contributed by atoms with Crippen molar-refractivity contribution < 1.29 is 9.53 Å². The van der Waals surface area contributed by atoms with Gasteiger partial charge in [0.1, 0.15) is 5.75 Å². The van der Waals surface area contributed by atoms with Crippen LogP contribution in [-0.2, 0) is 4.79 Å². The van der Waals surface area contributed by atoms with Crippen LogP contribution >= 0.6 is 11.8 Å². The molecule has 0 aliphatic heterocycles. The van der Waals surface area contributed by atoms with E-state index in [2.05, 4.69) is 15.5 Å². The highest BCUT2D eigenvalue weighted by molar-refractivity contribution is 8.00. The average molecular weight is 478 g/mol. The van der Waals surface area contributed by atoms with Gasteiger partial charge in [-0.05, 0) is 68.7 Å². The SMILES string of the molecule is CCOc1ccc(-n2ccn3c(S[C@@H](CC)C(=O)Nc4cc(C)ccc4C)nnc3c2=O)cc1. The van der Waals surface area contributed by atoms with E-state index >= 15 is 0 Å². The third kappa shape index (κ3) is 4.84. The summed E-state index contributed by atoms with van der Waals surface area (Å²) in [6.45, 7) is 8.40. The summed E-state index contributed by atoms with van der Waals surface area (Å²) in [5.74, 6) is 0.631. The van der Waals surface area contributed by atoms with Gasteiger partial charge in [0.05, 0.1) is 11.9 Å². The number of hydrogen-bond acceptors (Lipinski definition) is 6. The smallest absolute Gasteiger partial charge is 0.300 e. The van der Waals surface area contributed by atoms with Crippen LogP contribution in [0.4, 0.5) is 5.69 Å². The molecule has 0 aliphatic carbocycles. The Balaban J connectivity index is 1.57. The molecule has 8 nitrogen and oxygen atoms in total. The Kier molecular flexibility index (Phi) is 7.02. The molecule has 0 radical (unpaired) electrons. The van der Waals surface area contributed by atoms with Crippen LogP contribution in [0, 0.1) is 13.8 Å². The lowest BCUT2D eigenvalue weighted by Crippen LogP contribution is -2.25. The fourth-order valence-electron chi connectivity index (χ4n) is 3.55. The van der Waals surface area contributed by atoms with Crippen molar-refractivity contribution in [3.05, 3.63) is 76.3 Å². The van der Waals surface area contributed by atoms with E-state index in [0.29, 0.717) is 23.9 Å². The molecule has 176 valence electrons. The van der Waals surface area contributed by atoms with Crippen LogP contribution in [-0.4, -0.2) is 36.9 Å².